The number of fused-ring (bicyclic) bond motifs is 1. The van der Waals surface area contributed by atoms with Crippen molar-refractivity contribution in [3.63, 3.8) is 0 Å². The second-order valence-electron chi connectivity index (χ2n) is 8.84. The van der Waals surface area contributed by atoms with Crippen LogP contribution in [0.5, 0.6) is 0 Å². The van der Waals surface area contributed by atoms with Gasteiger partial charge in [-0.05, 0) is 57.1 Å². The topological polar surface area (TPSA) is 88.1 Å². The number of aryl methyl sites for hydroxylation is 2. The third kappa shape index (κ3) is 4.34. The van der Waals surface area contributed by atoms with Crippen molar-refractivity contribution in [1.82, 2.24) is 25.5 Å². The van der Waals surface area contributed by atoms with Gasteiger partial charge in [0.2, 0.25) is 0 Å². The molecule has 5 atom stereocenters. The lowest BCUT2D eigenvalue weighted by molar-refractivity contribution is 0.220. The van der Waals surface area contributed by atoms with Crippen LogP contribution >= 0.6 is 11.8 Å². The van der Waals surface area contributed by atoms with Crippen LogP contribution in [-0.4, -0.2) is 38.9 Å². The number of hydrogen-bond donors (Lipinski definition) is 3. The van der Waals surface area contributed by atoms with E-state index in [9.17, 15) is 9.59 Å². The molecule has 2 amide bonds. The number of urea groups is 1. The van der Waals surface area contributed by atoms with Gasteiger partial charge >= 0.3 is 6.03 Å². The first kappa shape index (κ1) is 21.2. The lowest BCUT2D eigenvalue weighted by Crippen LogP contribution is -2.50. The highest BCUT2D eigenvalue weighted by Gasteiger charge is 2.32. The molecular formula is C22H31N5O2S. The molecule has 7 nitrogen and oxygen atoms in total. The molecular weight excluding hydrogens is 398 g/mol. The molecule has 1 saturated carbocycles. The monoisotopic (exact) mass is 429 g/mol. The highest BCUT2D eigenvalue weighted by atomic mass is 32.2. The maximum atomic E-state index is 13.2. The second-order valence-corrected chi connectivity index (χ2v) is 9.98. The maximum Gasteiger partial charge on any atom is 0.316 e. The summed E-state index contributed by atoms with van der Waals surface area (Å²) in [4.78, 5) is 30.0. The van der Waals surface area contributed by atoms with Gasteiger partial charge in [0.05, 0.1) is 5.52 Å². The predicted molar refractivity (Wildman–Crippen MR) is 122 cm³/mol. The lowest BCUT2D eigenvalue weighted by atomic mass is 9.74. The molecule has 2 fully saturated rings. The molecule has 4 rings (SSSR count). The summed E-state index contributed by atoms with van der Waals surface area (Å²) < 4.78 is 1.74. The Labute approximate surface area is 181 Å². The Morgan fingerprint density at radius 1 is 1.27 bits per heavy atom. The van der Waals surface area contributed by atoms with E-state index in [-0.39, 0.29) is 29.0 Å². The number of nitrogens with zero attached hydrogens (tertiary/aromatic N) is 2. The minimum atomic E-state index is -0.140. The zero-order chi connectivity index (χ0) is 21.4. The van der Waals surface area contributed by atoms with E-state index >= 15 is 0 Å². The van der Waals surface area contributed by atoms with E-state index in [2.05, 4.69) is 34.8 Å². The van der Waals surface area contributed by atoms with Gasteiger partial charge < -0.3 is 15.2 Å². The Morgan fingerprint density at radius 3 is 2.80 bits per heavy atom. The van der Waals surface area contributed by atoms with Crippen LogP contribution in [0, 0.1) is 12.8 Å². The van der Waals surface area contributed by atoms with Crippen LogP contribution in [-0.2, 0) is 7.05 Å². The van der Waals surface area contributed by atoms with Gasteiger partial charge in [0.15, 0.2) is 0 Å². The molecule has 0 spiro atoms. The number of nitrogens with one attached hydrogen (secondary N) is 3. The first-order valence-electron chi connectivity index (χ1n) is 10.7. The van der Waals surface area contributed by atoms with Crippen LogP contribution in [0.2, 0.25) is 0 Å². The van der Waals surface area contributed by atoms with Gasteiger partial charge in [0, 0.05) is 47.7 Å². The molecule has 3 heterocycles. The van der Waals surface area contributed by atoms with Crippen molar-refractivity contribution in [2.24, 2.45) is 13.0 Å². The first-order valence-corrected chi connectivity index (χ1v) is 11.8. The molecule has 5 unspecified atom stereocenters. The zero-order valence-electron chi connectivity index (χ0n) is 18.1. The van der Waals surface area contributed by atoms with Crippen LogP contribution in [0.25, 0.3) is 10.9 Å². The molecule has 1 aliphatic carbocycles. The molecule has 30 heavy (non-hydrogen) atoms. The summed E-state index contributed by atoms with van der Waals surface area (Å²) in [5, 5.41) is 10.5. The van der Waals surface area contributed by atoms with E-state index in [0.29, 0.717) is 12.0 Å². The third-order valence-electron chi connectivity index (χ3n) is 6.41. The quantitative estimate of drug-likeness (QED) is 0.698. The average molecular weight is 430 g/mol. The number of carbonyl (C=O) groups excluding carboxylic acids is 1. The Morgan fingerprint density at radius 2 is 2.07 bits per heavy atom. The van der Waals surface area contributed by atoms with Crippen molar-refractivity contribution in [1.29, 1.82) is 0 Å². The number of hydrogen-bond acceptors (Lipinski definition) is 5. The number of pyridine rings is 2. The second kappa shape index (κ2) is 8.59. The average Bonchev–Trinajstić information content (AvgIpc) is 3.11. The van der Waals surface area contributed by atoms with Crippen molar-refractivity contribution < 1.29 is 4.79 Å². The summed E-state index contributed by atoms with van der Waals surface area (Å²) in [6.07, 6.45) is 4.53. The molecule has 1 saturated heterocycles. The number of amides is 2. The number of aromatic nitrogens is 2. The van der Waals surface area contributed by atoms with E-state index in [0.717, 1.165) is 47.2 Å². The lowest BCUT2D eigenvalue weighted by Gasteiger charge is -2.35. The molecule has 2 aromatic rings. The minimum absolute atomic E-state index is 0.0398. The van der Waals surface area contributed by atoms with Gasteiger partial charge in [-0.2, -0.15) is 0 Å². The number of carbonyl (C=O) groups is 1. The Bertz CT molecular complexity index is 1010. The van der Waals surface area contributed by atoms with E-state index in [4.69, 9.17) is 0 Å². The molecule has 0 bridgehead atoms. The Kier molecular flexibility index (Phi) is 6.06. The van der Waals surface area contributed by atoms with Crippen molar-refractivity contribution in [2.75, 3.05) is 5.75 Å². The van der Waals surface area contributed by atoms with Crippen molar-refractivity contribution in [3.8, 4) is 0 Å². The molecule has 2 aromatic heterocycles. The minimum Gasteiger partial charge on any atom is -0.335 e. The van der Waals surface area contributed by atoms with Crippen LogP contribution in [0.4, 0.5) is 4.79 Å². The van der Waals surface area contributed by atoms with Gasteiger partial charge in [-0.1, -0.05) is 6.92 Å². The largest absolute Gasteiger partial charge is 0.335 e. The molecule has 0 radical (unpaired) electrons. The fourth-order valence-corrected chi connectivity index (χ4v) is 5.76. The Balaban J connectivity index is 1.51. The summed E-state index contributed by atoms with van der Waals surface area (Å²) in [5.74, 6) is 1.50. The molecule has 162 valence electrons. The molecule has 1 aliphatic heterocycles. The molecule has 0 aromatic carbocycles. The van der Waals surface area contributed by atoms with Crippen LogP contribution in [0.3, 0.4) is 0 Å². The highest BCUT2D eigenvalue weighted by Crippen LogP contribution is 2.37. The fraction of sp³-hybridized carbons (Fsp3) is 0.591. The van der Waals surface area contributed by atoms with Crippen molar-refractivity contribution in [2.45, 2.75) is 63.5 Å². The van der Waals surface area contributed by atoms with Crippen LogP contribution < -0.4 is 21.5 Å². The van der Waals surface area contributed by atoms with Gasteiger partial charge in [-0.15, -0.1) is 11.8 Å². The molecule has 2 aliphatic rings. The van der Waals surface area contributed by atoms with Gasteiger partial charge in [-0.3, -0.25) is 15.1 Å². The Hall–Kier alpha value is -2.06. The summed E-state index contributed by atoms with van der Waals surface area (Å²) in [6, 6.07) is 4.29. The highest BCUT2D eigenvalue weighted by molar-refractivity contribution is 8.00. The summed E-state index contributed by atoms with van der Waals surface area (Å²) in [5.41, 5.74) is 2.65. The van der Waals surface area contributed by atoms with Crippen LogP contribution in [0.1, 0.15) is 50.3 Å². The summed E-state index contributed by atoms with van der Waals surface area (Å²) >= 11 is 1.71. The first-order chi connectivity index (χ1) is 14.3. The zero-order valence-corrected chi connectivity index (χ0v) is 18.9. The standard InChI is InChI=1S/C22H31N5O2S/c1-12-5-6-16(25-21(29)26-22-24-14(3)11-30-22)9-17(12)18-8-15-10-23-13(2)7-19(15)27(4)20(18)28/h7-8,10,12,14,16-17,22,24H,5-6,9,11H2,1-4H3,(H2,25,26,29). The van der Waals surface area contributed by atoms with E-state index in [1.54, 1.807) is 16.3 Å². The SMILES string of the molecule is Cc1cc2c(cn1)cc(C1CC(NC(=O)NC3NC(C)CS3)CCC1C)c(=O)n2C. The van der Waals surface area contributed by atoms with Gasteiger partial charge in [-0.25, -0.2) is 4.79 Å². The van der Waals surface area contributed by atoms with Crippen molar-refractivity contribution in [3.05, 3.63) is 39.9 Å². The predicted octanol–water partition coefficient (Wildman–Crippen LogP) is 2.82. The summed E-state index contributed by atoms with van der Waals surface area (Å²) in [7, 11) is 1.83. The van der Waals surface area contributed by atoms with Crippen molar-refractivity contribution >= 4 is 28.7 Å². The maximum absolute atomic E-state index is 13.2. The van der Waals surface area contributed by atoms with Gasteiger partial charge in [0.1, 0.15) is 5.50 Å². The smallest absolute Gasteiger partial charge is 0.316 e. The van der Waals surface area contributed by atoms with E-state index < -0.39 is 0 Å². The van der Waals surface area contributed by atoms with E-state index in [1.807, 2.05) is 32.3 Å². The molecule has 3 N–H and O–H groups in total. The van der Waals surface area contributed by atoms with Gasteiger partial charge in [0.25, 0.3) is 5.56 Å². The number of rotatable bonds is 3. The third-order valence-corrected chi connectivity index (χ3v) is 7.69. The molecule has 8 heteroatoms. The normalized spacial score (nSPS) is 29.1. The number of thioether (sulfide) groups is 1. The summed E-state index contributed by atoms with van der Waals surface area (Å²) in [6.45, 7) is 6.25. The van der Waals surface area contributed by atoms with E-state index in [1.165, 1.54) is 0 Å². The van der Waals surface area contributed by atoms with Crippen LogP contribution in [0.15, 0.2) is 23.1 Å². The fourth-order valence-electron chi connectivity index (χ4n) is 4.67.